The zero-order valence-corrected chi connectivity index (χ0v) is 9.81. The predicted octanol–water partition coefficient (Wildman–Crippen LogP) is 2.13. The standard InChI is InChI=1S/C11H11F3N4O/c12-11(13,14)7-3-16-18(5-7)10-17-9(6-19-10)4-15-8-1-2-8/h3,5-6,8,15H,1-2,4H2. The Kier molecular flexibility index (Phi) is 2.81. The van der Waals surface area contributed by atoms with Crippen LogP contribution in [0.5, 0.6) is 0 Å². The van der Waals surface area contributed by atoms with Gasteiger partial charge in [0.15, 0.2) is 0 Å². The van der Waals surface area contributed by atoms with Gasteiger partial charge >= 0.3 is 12.2 Å². The molecule has 2 aromatic heterocycles. The highest BCUT2D eigenvalue weighted by Gasteiger charge is 2.32. The number of halogens is 3. The van der Waals surface area contributed by atoms with Crippen LogP contribution >= 0.6 is 0 Å². The van der Waals surface area contributed by atoms with E-state index in [1.54, 1.807) is 0 Å². The lowest BCUT2D eigenvalue weighted by molar-refractivity contribution is -0.137. The molecular formula is C11H11F3N4O. The molecular weight excluding hydrogens is 261 g/mol. The van der Waals surface area contributed by atoms with Crippen LogP contribution in [0.1, 0.15) is 24.1 Å². The molecule has 0 saturated heterocycles. The molecule has 0 atom stereocenters. The topological polar surface area (TPSA) is 55.9 Å². The quantitative estimate of drug-likeness (QED) is 0.926. The number of alkyl halides is 3. The van der Waals surface area contributed by atoms with Gasteiger partial charge in [0.1, 0.15) is 6.26 Å². The van der Waals surface area contributed by atoms with Gasteiger partial charge in [-0.1, -0.05) is 0 Å². The van der Waals surface area contributed by atoms with Crippen molar-refractivity contribution in [3.8, 4) is 6.01 Å². The van der Waals surface area contributed by atoms with E-state index >= 15 is 0 Å². The van der Waals surface area contributed by atoms with Crippen molar-refractivity contribution in [2.45, 2.75) is 31.6 Å². The Labute approximate surface area is 106 Å². The van der Waals surface area contributed by atoms with Crippen LogP contribution < -0.4 is 5.32 Å². The molecule has 1 saturated carbocycles. The van der Waals surface area contributed by atoms with Crippen LogP contribution in [0.4, 0.5) is 13.2 Å². The van der Waals surface area contributed by atoms with E-state index in [-0.39, 0.29) is 6.01 Å². The molecule has 3 rings (SSSR count). The third kappa shape index (κ3) is 2.78. The molecule has 0 bridgehead atoms. The first kappa shape index (κ1) is 12.2. The predicted molar refractivity (Wildman–Crippen MR) is 58.5 cm³/mol. The van der Waals surface area contributed by atoms with Crippen molar-refractivity contribution in [2.75, 3.05) is 0 Å². The molecule has 5 nitrogen and oxygen atoms in total. The fourth-order valence-corrected chi connectivity index (χ4v) is 1.59. The Hall–Kier alpha value is -1.83. The minimum atomic E-state index is -4.42. The summed E-state index contributed by atoms with van der Waals surface area (Å²) in [7, 11) is 0. The molecule has 0 unspecified atom stereocenters. The molecule has 8 heteroatoms. The van der Waals surface area contributed by atoms with Crippen LogP contribution in [0.2, 0.25) is 0 Å². The monoisotopic (exact) mass is 272 g/mol. The molecule has 2 aromatic rings. The van der Waals surface area contributed by atoms with Crippen LogP contribution in [0.15, 0.2) is 23.1 Å². The maximum atomic E-state index is 12.4. The molecule has 19 heavy (non-hydrogen) atoms. The van der Waals surface area contributed by atoms with Gasteiger partial charge in [0, 0.05) is 18.8 Å². The van der Waals surface area contributed by atoms with Gasteiger partial charge in [0.05, 0.1) is 17.5 Å². The summed E-state index contributed by atoms with van der Waals surface area (Å²) in [4.78, 5) is 4.08. The summed E-state index contributed by atoms with van der Waals surface area (Å²) in [6, 6.07) is 0.560. The van der Waals surface area contributed by atoms with Gasteiger partial charge in [0.2, 0.25) is 0 Å². The van der Waals surface area contributed by atoms with Crippen LogP contribution in [0.3, 0.4) is 0 Å². The minimum absolute atomic E-state index is 0.0306. The first-order valence-electron chi connectivity index (χ1n) is 5.82. The van der Waals surface area contributed by atoms with Crippen molar-refractivity contribution in [3.63, 3.8) is 0 Å². The molecule has 0 spiro atoms. The van der Waals surface area contributed by atoms with Crippen molar-refractivity contribution in [1.82, 2.24) is 20.1 Å². The highest BCUT2D eigenvalue weighted by atomic mass is 19.4. The number of oxazole rings is 1. The molecule has 0 aromatic carbocycles. The van der Waals surface area contributed by atoms with Crippen molar-refractivity contribution in [3.05, 3.63) is 29.9 Å². The molecule has 0 aliphatic heterocycles. The van der Waals surface area contributed by atoms with Crippen LogP contribution in [-0.4, -0.2) is 20.8 Å². The van der Waals surface area contributed by atoms with E-state index in [1.165, 1.54) is 6.26 Å². The summed E-state index contributed by atoms with van der Waals surface area (Å²) in [5.74, 6) is 0. The Morgan fingerprint density at radius 1 is 1.42 bits per heavy atom. The second-order valence-corrected chi connectivity index (χ2v) is 4.45. The number of nitrogens with zero attached hydrogens (tertiary/aromatic N) is 3. The molecule has 2 heterocycles. The highest BCUT2D eigenvalue weighted by molar-refractivity contribution is 5.16. The summed E-state index contributed by atoms with van der Waals surface area (Å²) in [6.45, 7) is 0.543. The first-order chi connectivity index (χ1) is 9.02. The average molecular weight is 272 g/mol. The van der Waals surface area contributed by atoms with Crippen LogP contribution in [-0.2, 0) is 12.7 Å². The number of aromatic nitrogens is 3. The number of nitrogens with one attached hydrogen (secondary N) is 1. The van der Waals surface area contributed by atoms with Gasteiger partial charge in [-0.15, -0.1) is 0 Å². The Morgan fingerprint density at radius 3 is 2.84 bits per heavy atom. The van der Waals surface area contributed by atoms with Gasteiger partial charge in [-0.2, -0.15) is 27.9 Å². The summed E-state index contributed by atoms with van der Waals surface area (Å²) in [5.41, 5.74) is -0.186. The SMILES string of the molecule is FC(F)(F)c1cnn(-c2nc(CNC3CC3)co2)c1. The number of hydrogen-bond acceptors (Lipinski definition) is 4. The number of rotatable bonds is 4. The van der Waals surface area contributed by atoms with E-state index in [9.17, 15) is 13.2 Å². The zero-order valence-electron chi connectivity index (χ0n) is 9.81. The average Bonchev–Trinajstić information content (AvgIpc) is 2.87. The van der Waals surface area contributed by atoms with E-state index in [0.717, 1.165) is 29.9 Å². The van der Waals surface area contributed by atoms with Crippen molar-refractivity contribution < 1.29 is 17.6 Å². The second-order valence-electron chi connectivity index (χ2n) is 4.45. The Balaban J connectivity index is 1.72. The second kappa shape index (κ2) is 4.37. The van der Waals surface area contributed by atoms with Crippen LogP contribution in [0.25, 0.3) is 6.01 Å². The minimum Gasteiger partial charge on any atom is -0.430 e. The van der Waals surface area contributed by atoms with Gasteiger partial charge in [0.25, 0.3) is 0 Å². The van der Waals surface area contributed by atoms with E-state index in [4.69, 9.17) is 4.42 Å². The smallest absolute Gasteiger partial charge is 0.419 e. The Bertz CT molecular complexity index is 571. The van der Waals surface area contributed by atoms with Gasteiger partial charge in [-0.25, -0.2) is 0 Å². The zero-order chi connectivity index (χ0) is 13.5. The third-order valence-electron chi connectivity index (χ3n) is 2.79. The van der Waals surface area contributed by atoms with E-state index in [2.05, 4.69) is 15.4 Å². The lowest BCUT2D eigenvalue weighted by Gasteiger charge is -1.99. The molecule has 1 fully saturated rings. The maximum Gasteiger partial charge on any atom is 0.419 e. The fourth-order valence-electron chi connectivity index (χ4n) is 1.59. The normalized spacial score (nSPS) is 15.9. The molecule has 1 aliphatic rings. The molecule has 0 amide bonds. The van der Waals surface area contributed by atoms with Crippen molar-refractivity contribution in [1.29, 1.82) is 0 Å². The molecule has 1 aliphatic carbocycles. The molecule has 1 N–H and O–H groups in total. The van der Waals surface area contributed by atoms with Crippen molar-refractivity contribution >= 4 is 0 Å². The number of hydrogen-bond donors (Lipinski definition) is 1. The van der Waals surface area contributed by atoms with E-state index in [0.29, 0.717) is 18.3 Å². The largest absolute Gasteiger partial charge is 0.430 e. The van der Waals surface area contributed by atoms with Gasteiger partial charge < -0.3 is 9.73 Å². The maximum absolute atomic E-state index is 12.4. The van der Waals surface area contributed by atoms with Crippen LogP contribution in [0, 0.1) is 0 Å². The first-order valence-corrected chi connectivity index (χ1v) is 5.82. The highest BCUT2D eigenvalue weighted by Crippen LogP contribution is 2.29. The van der Waals surface area contributed by atoms with E-state index < -0.39 is 11.7 Å². The summed E-state index contributed by atoms with van der Waals surface area (Å²) >= 11 is 0. The lowest BCUT2D eigenvalue weighted by Crippen LogP contribution is -2.15. The molecule has 0 radical (unpaired) electrons. The summed E-state index contributed by atoms with van der Waals surface area (Å²) in [6.07, 6.45) is 0.898. The van der Waals surface area contributed by atoms with Crippen molar-refractivity contribution in [2.24, 2.45) is 0 Å². The summed E-state index contributed by atoms with van der Waals surface area (Å²) in [5, 5.41) is 6.83. The van der Waals surface area contributed by atoms with Gasteiger partial charge in [-0.3, -0.25) is 0 Å². The third-order valence-corrected chi connectivity index (χ3v) is 2.79. The molecule has 102 valence electrons. The Morgan fingerprint density at radius 2 is 2.21 bits per heavy atom. The summed E-state index contributed by atoms with van der Waals surface area (Å²) < 4.78 is 43.4. The van der Waals surface area contributed by atoms with Gasteiger partial charge in [-0.05, 0) is 12.8 Å². The fraction of sp³-hybridized carbons (Fsp3) is 0.455. The van der Waals surface area contributed by atoms with E-state index in [1.807, 2.05) is 0 Å². The lowest BCUT2D eigenvalue weighted by atomic mass is 10.4.